The molecule has 2 aromatic rings. The van der Waals surface area contributed by atoms with E-state index in [0.717, 1.165) is 17.6 Å². The fraction of sp³-hybridized carbons (Fsp3) is 0.200. The number of hydrogen-bond donors (Lipinski definition) is 2. The highest BCUT2D eigenvalue weighted by Crippen LogP contribution is 2.25. The average Bonchev–Trinajstić information content (AvgIpc) is 2.34. The third-order valence-electron chi connectivity index (χ3n) is 2.94. The molecule has 0 aliphatic heterocycles. The van der Waals surface area contributed by atoms with Crippen molar-refractivity contribution in [3.05, 3.63) is 53.6 Å². The van der Waals surface area contributed by atoms with Gasteiger partial charge in [-0.1, -0.05) is 18.2 Å². The lowest BCUT2D eigenvalue weighted by Gasteiger charge is -2.13. The summed E-state index contributed by atoms with van der Waals surface area (Å²) in [6.45, 7) is 4.10. The molecule has 0 fully saturated rings. The number of para-hydroxylation sites is 1. The zero-order valence-corrected chi connectivity index (χ0v) is 12.6. The largest absolute Gasteiger partial charge is 0.355 e. The Morgan fingerprint density at radius 3 is 1.85 bits per heavy atom. The minimum Gasteiger partial charge on any atom is -0.355 e. The quantitative estimate of drug-likeness (QED) is 0.907. The number of nitrogens with one attached hydrogen (secondary N) is 2. The van der Waals surface area contributed by atoms with Crippen LogP contribution < -0.4 is 10.0 Å². The summed E-state index contributed by atoms with van der Waals surface area (Å²) in [5.74, 6) is 0. The molecule has 0 aromatic heterocycles. The van der Waals surface area contributed by atoms with E-state index in [0.29, 0.717) is 5.69 Å². The normalized spacial score (nSPS) is 11.2. The van der Waals surface area contributed by atoms with Gasteiger partial charge in [-0.15, -0.1) is 0 Å². The van der Waals surface area contributed by atoms with Crippen LogP contribution in [-0.2, 0) is 10.0 Å². The van der Waals surface area contributed by atoms with Gasteiger partial charge in [0.05, 0.1) is 6.26 Å². The molecule has 2 aromatic carbocycles. The number of sulfonamides is 1. The summed E-state index contributed by atoms with van der Waals surface area (Å²) in [7, 11) is -3.23. The van der Waals surface area contributed by atoms with Crippen LogP contribution in [0, 0.1) is 13.8 Å². The highest BCUT2D eigenvalue weighted by atomic mass is 32.2. The van der Waals surface area contributed by atoms with Gasteiger partial charge in [-0.05, 0) is 49.2 Å². The van der Waals surface area contributed by atoms with Crippen LogP contribution in [0.3, 0.4) is 0 Å². The Morgan fingerprint density at radius 1 is 0.850 bits per heavy atom. The minimum absolute atomic E-state index is 0.555. The first-order valence-corrected chi connectivity index (χ1v) is 8.15. The van der Waals surface area contributed by atoms with Gasteiger partial charge in [0, 0.05) is 17.1 Å². The summed E-state index contributed by atoms with van der Waals surface area (Å²) in [5, 5.41) is 3.35. The summed E-state index contributed by atoms with van der Waals surface area (Å²) >= 11 is 0. The number of anilines is 3. The van der Waals surface area contributed by atoms with Crippen molar-refractivity contribution in [3.63, 3.8) is 0 Å². The fourth-order valence-corrected chi connectivity index (χ4v) is 2.56. The lowest BCUT2D eigenvalue weighted by molar-refractivity contribution is 0.607. The second-order valence-corrected chi connectivity index (χ2v) is 6.59. The van der Waals surface area contributed by atoms with E-state index in [1.807, 2.05) is 18.2 Å². The van der Waals surface area contributed by atoms with Gasteiger partial charge in [-0.25, -0.2) is 8.42 Å². The van der Waals surface area contributed by atoms with Crippen LogP contribution in [0.5, 0.6) is 0 Å². The van der Waals surface area contributed by atoms with E-state index in [4.69, 9.17) is 0 Å². The third kappa shape index (κ3) is 3.74. The van der Waals surface area contributed by atoms with Crippen molar-refractivity contribution < 1.29 is 8.42 Å². The molecular weight excluding hydrogens is 272 g/mol. The molecular formula is C15H18N2O2S. The van der Waals surface area contributed by atoms with Gasteiger partial charge in [0.1, 0.15) is 0 Å². The summed E-state index contributed by atoms with van der Waals surface area (Å²) in [4.78, 5) is 0. The average molecular weight is 290 g/mol. The van der Waals surface area contributed by atoms with E-state index < -0.39 is 10.0 Å². The first-order chi connectivity index (χ1) is 9.35. The molecule has 0 spiro atoms. The summed E-state index contributed by atoms with van der Waals surface area (Å²) in [6, 6.07) is 13.3. The topological polar surface area (TPSA) is 58.2 Å². The van der Waals surface area contributed by atoms with Gasteiger partial charge >= 0.3 is 0 Å². The number of hydrogen-bond acceptors (Lipinski definition) is 3. The molecule has 0 saturated carbocycles. The van der Waals surface area contributed by atoms with Gasteiger partial charge in [0.25, 0.3) is 0 Å². The zero-order valence-electron chi connectivity index (χ0n) is 11.8. The van der Waals surface area contributed by atoms with Crippen LogP contribution in [-0.4, -0.2) is 14.7 Å². The second-order valence-electron chi connectivity index (χ2n) is 4.84. The lowest BCUT2D eigenvalue weighted by atomic mass is 10.1. The van der Waals surface area contributed by atoms with Crippen molar-refractivity contribution in [2.24, 2.45) is 0 Å². The molecule has 0 bridgehead atoms. The molecule has 0 aliphatic carbocycles. The molecule has 5 heteroatoms. The Balaban J connectivity index is 2.19. The molecule has 106 valence electrons. The maximum Gasteiger partial charge on any atom is 0.229 e. The van der Waals surface area contributed by atoms with E-state index in [9.17, 15) is 8.42 Å². The van der Waals surface area contributed by atoms with Crippen LogP contribution in [0.1, 0.15) is 11.1 Å². The van der Waals surface area contributed by atoms with Crippen molar-refractivity contribution in [3.8, 4) is 0 Å². The Kier molecular flexibility index (Phi) is 3.99. The SMILES string of the molecule is Cc1cccc(C)c1Nc1ccc(NS(C)(=O)=O)cc1. The molecule has 0 radical (unpaired) electrons. The van der Waals surface area contributed by atoms with Crippen molar-refractivity contribution >= 4 is 27.1 Å². The van der Waals surface area contributed by atoms with Gasteiger partial charge in [0.15, 0.2) is 0 Å². The van der Waals surface area contributed by atoms with Crippen molar-refractivity contribution in [1.29, 1.82) is 0 Å². The van der Waals surface area contributed by atoms with Crippen molar-refractivity contribution in [1.82, 2.24) is 0 Å². The van der Waals surface area contributed by atoms with E-state index in [1.54, 1.807) is 12.1 Å². The molecule has 2 N–H and O–H groups in total. The van der Waals surface area contributed by atoms with Crippen LogP contribution in [0.4, 0.5) is 17.1 Å². The van der Waals surface area contributed by atoms with E-state index in [1.165, 1.54) is 11.1 Å². The maximum atomic E-state index is 11.1. The van der Waals surface area contributed by atoms with Gasteiger partial charge in [-0.2, -0.15) is 0 Å². The van der Waals surface area contributed by atoms with E-state index in [-0.39, 0.29) is 0 Å². The number of rotatable bonds is 4. The minimum atomic E-state index is -3.23. The van der Waals surface area contributed by atoms with Crippen LogP contribution >= 0.6 is 0 Å². The molecule has 0 unspecified atom stereocenters. The second kappa shape index (κ2) is 5.54. The molecule has 0 amide bonds. The standard InChI is InChI=1S/C15H18N2O2S/c1-11-5-4-6-12(2)15(11)16-13-7-9-14(10-8-13)17-20(3,18)19/h4-10,16-17H,1-3H3. The monoisotopic (exact) mass is 290 g/mol. The number of benzene rings is 2. The summed E-state index contributed by atoms with van der Waals surface area (Å²) in [6.07, 6.45) is 1.13. The molecule has 0 heterocycles. The Morgan fingerprint density at radius 2 is 1.35 bits per heavy atom. The fourth-order valence-electron chi connectivity index (χ4n) is 1.99. The Labute approximate surface area is 119 Å². The van der Waals surface area contributed by atoms with E-state index >= 15 is 0 Å². The Bertz CT molecular complexity index is 687. The van der Waals surface area contributed by atoms with Gasteiger partial charge < -0.3 is 5.32 Å². The highest BCUT2D eigenvalue weighted by molar-refractivity contribution is 7.92. The van der Waals surface area contributed by atoms with Crippen LogP contribution in [0.15, 0.2) is 42.5 Å². The molecule has 0 atom stereocenters. The highest BCUT2D eigenvalue weighted by Gasteiger charge is 2.04. The molecule has 2 rings (SSSR count). The lowest BCUT2D eigenvalue weighted by Crippen LogP contribution is -2.09. The predicted molar refractivity (Wildman–Crippen MR) is 84.1 cm³/mol. The summed E-state index contributed by atoms with van der Waals surface area (Å²) < 4.78 is 24.7. The molecule has 20 heavy (non-hydrogen) atoms. The van der Waals surface area contributed by atoms with Gasteiger partial charge in [-0.3, -0.25) is 4.72 Å². The smallest absolute Gasteiger partial charge is 0.229 e. The van der Waals surface area contributed by atoms with Gasteiger partial charge in [0.2, 0.25) is 10.0 Å². The molecule has 4 nitrogen and oxygen atoms in total. The maximum absolute atomic E-state index is 11.1. The van der Waals surface area contributed by atoms with Crippen LogP contribution in [0.25, 0.3) is 0 Å². The Hall–Kier alpha value is -2.01. The first-order valence-electron chi connectivity index (χ1n) is 6.26. The molecule has 0 aliphatic rings. The van der Waals surface area contributed by atoms with E-state index in [2.05, 4.69) is 36.0 Å². The van der Waals surface area contributed by atoms with Crippen molar-refractivity contribution in [2.45, 2.75) is 13.8 Å². The molecule has 0 saturated heterocycles. The van der Waals surface area contributed by atoms with Crippen LogP contribution in [0.2, 0.25) is 0 Å². The summed E-state index contributed by atoms with van der Waals surface area (Å²) in [5.41, 5.74) is 4.89. The van der Waals surface area contributed by atoms with Crippen molar-refractivity contribution in [2.75, 3.05) is 16.3 Å². The zero-order chi connectivity index (χ0) is 14.8. The number of aryl methyl sites for hydroxylation is 2. The first kappa shape index (κ1) is 14.4. The predicted octanol–water partition coefficient (Wildman–Crippen LogP) is 3.42. The third-order valence-corrected chi connectivity index (χ3v) is 3.55.